The van der Waals surface area contributed by atoms with Gasteiger partial charge < -0.3 is 15.0 Å². The fraction of sp³-hybridized carbons (Fsp3) is 0.278. The number of nitrogens with one attached hydrogen (secondary N) is 2. The smallest absolute Gasteiger partial charge is 0.264 e. The van der Waals surface area contributed by atoms with Crippen molar-refractivity contribution < 1.29 is 9.53 Å². The Kier molecular flexibility index (Phi) is 4.19. The molecule has 2 saturated heterocycles. The topological polar surface area (TPSA) is 78.3 Å². The molecule has 0 aliphatic carbocycles. The molecule has 2 aliphatic rings. The Morgan fingerprint density at radius 3 is 2.84 bits per heavy atom. The summed E-state index contributed by atoms with van der Waals surface area (Å²) in [5.41, 5.74) is 3.00. The van der Waals surface area contributed by atoms with E-state index < -0.39 is 0 Å². The number of morpholine rings is 1. The molecule has 2 N–H and O–H groups in total. The van der Waals surface area contributed by atoms with E-state index in [1.165, 1.54) is 5.56 Å². The van der Waals surface area contributed by atoms with Gasteiger partial charge in [0.05, 0.1) is 23.6 Å². The molecule has 0 unspecified atom stereocenters. The largest absolute Gasteiger partial charge is 0.378 e. The van der Waals surface area contributed by atoms with Crippen molar-refractivity contribution in [3.05, 3.63) is 40.3 Å². The van der Waals surface area contributed by atoms with Crippen molar-refractivity contribution >= 4 is 45.6 Å². The number of amidine groups is 1. The Hall–Kier alpha value is -2.38. The highest BCUT2D eigenvalue weighted by atomic mass is 32.2. The van der Waals surface area contributed by atoms with Gasteiger partial charge in [-0.15, -0.1) is 0 Å². The van der Waals surface area contributed by atoms with Gasteiger partial charge in [0.15, 0.2) is 5.17 Å². The van der Waals surface area contributed by atoms with E-state index in [4.69, 9.17) is 15.1 Å². The Bertz CT molecular complexity index is 903. The number of aromatic nitrogens is 1. The van der Waals surface area contributed by atoms with Crippen LogP contribution in [0.1, 0.15) is 11.1 Å². The minimum Gasteiger partial charge on any atom is -0.378 e. The summed E-state index contributed by atoms with van der Waals surface area (Å²) in [6.45, 7) is 4.94. The van der Waals surface area contributed by atoms with Gasteiger partial charge in [0.2, 0.25) is 0 Å². The third-order valence-corrected chi connectivity index (χ3v) is 5.07. The van der Waals surface area contributed by atoms with Crippen molar-refractivity contribution in [3.8, 4) is 0 Å². The van der Waals surface area contributed by atoms with E-state index in [2.05, 4.69) is 35.3 Å². The molecule has 0 atom stereocenters. The van der Waals surface area contributed by atoms with Crippen molar-refractivity contribution in [2.45, 2.75) is 6.92 Å². The van der Waals surface area contributed by atoms with Gasteiger partial charge in [-0.1, -0.05) is 12.1 Å². The standard InChI is InChI=1S/C18H18N4O2S/c1-11-2-3-12-9-13(10-15-17(23)21-18(19)25-15)16(20-14(12)8-11)22-4-6-24-7-5-22/h2-3,8-10H,4-7H2,1H3,(H2,19,21,23). The number of rotatable bonds is 2. The van der Waals surface area contributed by atoms with Crippen molar-refractivity contribution in [1.82, 2.24) is 10.3 Å². The average Bonchev–Trinajstić information content (AvgIpc) is 2.92. The molecule has 25 heavy (non-hydrogen) atoms. The maximum absolute atomic E-state index is 12.0. The molecule has 2 aliphatic heterocycles. The van der Waals surface area contributed by atoms with Gasteiger partial charge in [-0.3, -0.25) is 10.2 Å². The minimum atomic E-state index is -0.230. The summed E-state index contributed by atoms with van der Waals surface area (Å²) in [5.74, 6) is 0.632. The minimum absolute atomic E-state index is 0.161. The summed E-state index contributed by atoms with van der Waals surface area (Å²) in [6, 6.07) is 8.24. The lowest BCUT2D eigenvalue weighted by atomic mass is 10.1. The van der Waals surface area contributed by atoms with Crippen LogP contribution in [0.15, 0.2) is 29.2 Å². The summed E-state index contributed by atoms with van der Waals surface area (Å²) in [7, 11) is 0. The number of benzene rings is 1. The molecule has 2 fully saturated rings. The third-order valence-electron chi connectivity index (χ3n) is 4.24. The molecule has 128 valence electrons. The van der Waals surface area contributed by atoms with Crippen LogP contribution < -0.4 is 10.2 Å². The molecule has 0 saturated carbocycles. The zero-order valence-corrected chi connectivity index (χ0v) is 14.7. The van der Waals surface area contributed by atoms with Crippen molar-refractivity contribution in [1.29, 1.82) is 5.41 Å². The quantitative estimate of drug-likeness (QED) is 0.810. The lowest BCUT2D eigenvalue weighted by Gasteiger charge is -2.29. The second-order valence-electron chi connectivity index (χ2n) is 6.09. The van der Waals surface area contributed by atoms with Crippen LogP contribution in [0.4, 0.5) is 5.82 Å². The predicted octanol–water partition coefficient (Wildman–Crippen LogP) is 2.52. The first-order valence-corrected chi connectivity index (χ1v) is 8.95. The first-order valence-electron chi connectivity index (χ1n) is 8.14. The molecule has 0 spiro atoms. The lowest BCUT2D eigenvalue weighted by molar-refractivity contribution is -0.115. The normalized spacial score (nSPS) is 19.7. The highest BCUT2D eigenvalue weighted by Gasteiger charge is 2.24. The molecular formula is C18H18N4O2S. The Morgan fingerprint density at radius 1 is 1.32 bits per heavy atom. The van der Waals surface area contributed by atoms with Gasteiger partial charge in [0.25, 0.3) is 5.91 Å². The molecule has 4 rings (SSSR count). The van der Waals surface area contributed by atoms with Gasteiger partial charge in [-0.05, 0) is 42.5 Å². The summed E-state index contributed by atoms with van der Waals surface area (Å²) in [6.07, 6.45) is 1.83. The molecule has 3 heterocycles. The molecule has 1 amide bonds. The number of ether oxygens (including phenoxy) is 1. The fourth-order valence-electron chi connectivity index (χ4n) is 3.00. The number of hydrogen-bond donors (Lipinski definition) is 2. The van der Waals surface area contributed by atoms with Crippen LogP contribution in [-0.4, -0.2) is 42.4 Å². The third kappa shape index (κ3) is 3.25. The molecule has 7 heteroatoms. The number of carbonyl (C=O) groups excluding carboxylic acids is 1. The van der Waals surface area contributed by atoms with Gasteiger partial charge in [-0.25, -0.2) is 4.98 Å². The van der Waals surface area contributed by atoms with Crippen molar-refractivity contribution in [3.63, 3.8) is 0 Å². The number of hydrogen-bond acceptors (Lipinski definition) is 6. The van der Waals surface area contributed by atoms with Gasteiger partial charge in [0, 0.05) is 24.0 Å². The van der Waals surface area contributed by atoms with Gasteiger partial charge >= 0.3 is 0 Å². The monoisotopic (exact) mass is 354 g/mol. The van der Waals surface area contributed by atoms with E-state index in [1.54, 1.807) is 0 Å². The number of anilines is 1. The van der Waals surface area contributed by atoms with Crippen LogP contribution in [0, 0.1) is 12.3 Å². The van der Waals surface area contributed by atoms with E-state index in [-0.39, 0.29) is 11.1 Å². The van der Waals surface area contributed by atoms with Crippen LogP contribution in [0.25, 0.3) is 17.0 Å². The number of thioether (sulfide) groups is 1. The molecule has 0 bridgehead atoms. The van der Waals surface area contributed by atoms with Gasteiger partial charge in [0.1, 0.15) is 5.82 Å². The lowest BCUT2D eigenvalue weighted by Crippen LogP contribution is -2.37. The van der Waals surface area contributed by atoms with Crippen LogP contribution in [0.3, 0.4) is 0 Å². The van der Waals surface area contributed by atoms with E-state index >= 15 is 0 Å². The maximum atomic E-state index is 12.0. The van der Waals surface area contributed by atoms with Crippen molar-refractivity contribution in [2.75, 3.05) is 31.2 Å². The second-order valence-corrected chi connectivity index (χ2v) is 7.14. The summed E-state index contributed by atoms with van der Waals surface area (Å²) in [5, 5.41) is 11.3. The molecule has 0 radical (unpaired) electrons. The summed E-state index contributed by atoms with van der Waals surface area (Å²) in [4.78, 5) is 19.6. The molecule has 2 aromatic rings. The maximum Gasteiger partial charge on any atom is 0.264 e. The second kappa shape index (κ2) is 6.50. The van der Waals surface area contributed by atoms with Crippen LogP contribution >= 0.6 is 11.8 Å². The zero-order chi connectivity index (χ0) is 17.4. The number of carbonyl (C=O) groups is 1. The van der Waals surface area contributed by atoms with Crippen LogP contribution in [0.5, 0.6) is 0 Å². The highest BCUT2D eigenvalue weighted by molar-refractivity contribution is 8.18. The van der Waals surface area contributed by atoms with E-state index in [0.717, 1.165) is 47.1 Å². The highest BCUT2D eigenvalue weighted by Crippen LogP contribution is 2.31. The van der Waals surface area contributed by atoms with Gasteiger partial charge in [-0.2, -0.15) is 0 Å². The first-order chi connectivity index (χ1) is 12.1. The Labute approximate surface area is 149 Å². The SMILES string of the molecule is Cc1ccc2cc(C=C3SC(=N)NC3=O)c(N3CCOCC3)nc2c1. The van der Waals surface area contributed by atoms with Crippen LogP contribution in [0.2, 0.25) is 0 Å². The summed E-state index contributed by atoms with van der Waals surface area (Å²) < 4.78 is 5.45. The number of pyridine rings is 1. The first kappa shape index (κ1) is 16.1. The summed E-state index contributed by atoms with van der Waals surface area (Å²) >= 11 is 1.14. The average molecular weight is 354 g/mol. The van der Waals surface area contributed by atoms with E-state index in [1.807, 2.05) is 12.1 Å². The zero-order valence-electron chi connectivity index (χ0n) is 13.8. The Balaban J connectivity index is 1.85. The Morgan fingerprint density at radius 2 is 2.12 bits per heavy atom. The molecule has 1 aromatic carbocycles. The molecular weight excluding hydrogens is 336 g/mol. The van der Waals surface area contributed by atoms with Crippen molar-refractivity contribution in [2.24, 2.45) is 0 Å². The number of amides is 1. The number of fused-ring (bicyclic) bond motifs is 1. The van der Waals surface area contributed by atoms with E-state index in [0.29, 0.717) is 18.1 Å². The molecule has 1 aromatic heterocycles. The van der Waals surface area contributed by atoms with Crippen LogP contribution in [-0.2, 0) is 9.53 Å². The molecule has 6 nitrogen and oxygen atoms in total. The fourth-order valence-corrected chi connectivity index (χ4v) is 3.69. The number of nitrogens with zero attached hydrogens (tertiary/aromatic N) is 2. The predicted molar refractivity (Wildman–Crippen MR) is 101 cm³/mol. The number of aryl methyl sites for hydroxylation is 1. The van der Waals surface area contributed by atoms with E-state index in [9.17, 15) is 4.79 Å².